The van der Waals surface area contributed by atoms with Crippen molar-refractivity contribution in [3.05, 3.63) is 23.7 Å². The van der Waals surface area contributed by atoms with Crippen LogP contribution in [0.2, 0.25) is 0 Å². The van der Waals surface area contributed by atoms with Crippen molar-refractivity contribution in [1.29, 1.82) is 0 Å². The molecule has 15 heavy (non-hydrogen) atoms. The Balaban J connectivity index is 2.49. The van der Waals surface area contributed by atoms with E-state index in [0.29, 0.717) is 13.0 Å². The second-order valence-electron chi connectivity index (χ2n) is 3.78. The number of hydrogen-bond donors (Lipinski definition) is 2. The summed E-state index contributed by atoms with van der Waals surface area (Å²) in [5.41, 5.74) is 0. The predicted molar refractivity (Wildman–Crippen MR) is 57.5 cm³/mol. The van der Waals surface area contributed by atoms with Crippen LogP contribution in [-0.2, 0) is 6.54 Å². The van der Waals surface area contributed by atoms with Gasteiger partial charge in [-0.15, -0.1) is 0 Å². The first-order chi connectivity index (χ1) is 7.17. The Morgan fingerprint density at radius 2 is 2.13 bits per heavy atom. The number of rotatable bonds is 6. The third-order valence-corrected chi connectivity index (χ3v) is 2.50. The summed E-state index contributed by atoms with van der Waals surface area (Å²) in [5.74, 6) is 1.77. The molecular formula is C11H19NO3. The van der Waals surface area contributed by atoms with E-state index < -0.39 is 0 Å². The molecule has 86 valence electrons. The first-order valence-corrected chi connectivity index (χ1v) is 5.14. The number of aliphatic hydroxyl groups excluding tert-OH is 2. The first-order valence-electron chi connectivity index (χ1n) is 5.14. The molecule has 2 N–H and O–H groups in total. The van der Waals surface area contributed by atoms with Crippen LogP contribution in [0.4, 0.5) is 0 Å². The molecule has 0 amide bonds. The number of hydrogen-bond acceptors (Lipinski definition) is 4. The molecule has 0 aromatic carbocycles. The summed E-state index contributed by atoms with van der Waals surface area (Å²) in [6, 6.07) is 3.84. The Labute approximate surface area is 90.1 Å². The largest absolute Gasteiger partial charge is 0.465 e. The van der Waals surface area contributed by atoms with Gasteiger partial charge in [0, 0.05) is 12.6 Å². The van der Waals surface area contributed by atoms with E-state index in [4.69, 9.17) is 14.6 Å². The lowest BCUT2D eigenvalue weighted by molar-refractivity contribution is 0.109. The zero-order valence-electron chi connectivity index (χ0n) is 9.31. The Hall–Kier alpha value is -0.840. The second-order valence-corrected chi connectivity index (χ2v) is 3.78. The first kappa shape index (κ1) is 12.2. The van der Waals surface area contributed by atoms with Gasteiger partial charge in [-0.3, -0.25) is 4.90 Å². The highest BCUT2D eigenvalue weighted by Gasteiger charge is 2.14. The van der Waals surface area contributed by atoms with Crippen molar-refractivity contribution in [2.24, 2.45) is 0 Å². The average molecular weight is 213 g/mol. The maximum atomic E-state index is 9.13. The smallest absolute Gasteiger partial charge is 0.118 e. The van der Waals surface area contributed by atoms with Gasteiger partial charge in [-0.05, 0) is 32.5 Å². The zero-order chi connectivity index (χ0) is 11.3. The van der Waals surface area contributed by atoms with Gasteiger partial charge < -0.3 is 14.6 Å². The summed E-state index contributed by atoms with van der Waals surface area (Å²) in [6.07, 6.45) is 0.576. The monoisotopic (exact) mass is 213 g/mol. The van der Waals surface area contributed by atoms with Crippen LogP contribution < -0.4 is 0 Å². The van der Waals surface area contributed by atoms with E-state index in [2.05, 4.69) is 0 Å². The molecule has 0 saturated carbocycles. The van der Waals surface area contributed by atoms with E-state index in [1.165, 1.54) is 0 Å². The number of aliphatic hydroxyl groups is 2. The molecule has 1 heterocycles. The summed E-state index contributed by atoms with van der Waals surface area (Å²) in [6.45, 7) is 2.70. The molecule has 0 aliphatic rings. The standard InChI is InChI=1S/C11H19NO3/c1-9-3-4-11(15-9)7-12(2)10(8-14)5-6-13/h3-4,10,13-14H,5-8H2,1-2H3. The molecule has 1 aromatic rings. The molecule has 0 bridgehead atoms. The van der Waals surface area contributed by atoms with Gasteiger partial charge in [-0.1, -0.05) is 0 Å². The molecule has 0 aliphatic carbocycles. The molecule has 4 nitrogen and oxygen atoms in total. The van der Waals surface area contributed by atoms with Crippen molar-refractivity contribution in [2.75, 3.05) is 20.3 Å². The van der Waals surface area contributed by atoms with Gasteiger partial charge in [0.1, 0.15) is 11.5 Å². The lowest BCUT2D eigenvalue weighted by Crippen LogP contribution is -2.34. The summed E-state index contributed by atoms with van der Waals surface area (Å²) >= 11 is 0. The molecule has 1 unspecified atom stereocenters. The molecule has 0 radical (unpaired) electrons. The van der Waals surface area contributed by atoms with Crippen LogP contribution in [0.1, 0.15) is 17.9 Å². The third kappa shape index (κ3) is 3.66. The van der Waals surface area contributed by atoms with E-state index in [0.717, 1.165) is 11.5 Å². The topological polar surface area (TPSA) is 56.8 Å². The highest BCUT2D eigenvalue weighted by molar-refractivity contribution is 5.05. The maximum absolute atomic E-state index is 9.13. The molecule has 1 aromatic heterocycles. The Morgan fingerprint density at radius 3 is 2.60 bits per heavy atom. The van der Waals surface area contributed by atoms with Crippen LogP contribution in [-0.4, -0.2) is 41.4 Å². The summed E-state index contributed by atoms with van der Waals surface area (Å²) in [5, 5.41) is 18.0. The fourth-order valence-corrected chi connectivity index (χ4v) is 1.55. The van der Waals surface area contributed by atoms with Crippen LogP contribution in [0.5, 0.6) is 0 Å². The summed E-state index contributed by atoms with van der Waals surface area (Å²) < 4.78 is 5.44. The summed E-state index contributed by atoms with van der Waals surface area (Å²) in [7, 11) is 1.91. The van der Waals surface area contributed by atoms with Crippen LogP contribution in [0.3, 0.4) is 0 Å². The van der Waals surface area contributed by atoms with Crippen molar-refractivity contribution >= 4 is 0 Å². The van der Waals surface area contributed by atoms with Gasteiger partial charge in [0.15, 0.2) is 0 Å². The summed E-state index contributed by atoms with van der Waals surface area (Å²) in [4.78, 5) is 1.98. The minimum atomic E-state index is -0.0135. The van der Waals surface area contributed by atoms with Crippen molar-refractivity contribution in [2.45, 2.75) is 25.9 Å². The predicted octanol–water partition coefficient (Wildman–Crippen LogP) is 0.763. The van der Waals surface area contributed by atoms with E-state index in [9.17, 15) is 0 Å². The zero-order valence-corrected chi connectivity index (χ0v) is 9.31. The SMILES string of the molecule is Cc1ccc(CN(C)C(CO)CCO)o1. The minimum Gasteiger partial charge on any atom is -0.465 e. The molecule has 0 spiro atoms. The van der Waals surface area contributed by atoms with Gasteiger partial charge in [0.25, 0.3) is 0 Å². The molecule has 0 saturated heterocycles. The van der Waals surface area contributed by atoms with E-state index in [-0.39, 0.29) is 19.3 Å². The van der Waals surface area contributed by atoms with Crippen molar-refractivity contribution in [3.8, 4) is 0 Å². The minimum absolute atomic E-state index is 0.0135. The van der Waals surface area contributed by atoms with Gasteiger partial charge >= 0.3 is 0 Å². The van der Waals surface area contributed by atoms with Crippen LogP contribution in [0.25, 0.3) is 0 Å². The second kappa shape index (κ2) is 5.90. The fraction of sp³-hybridized carbons (Fsp3) is 0.636. The molecule has 0 aliphatic heterocycles. The molecular weight excluding hydrogens is 194 g/mol. The van der Waals surface area contributed by atoms with Crippen molar-refractivity contribution in [1.82, 2.24) is 4.90 Å². The molecule has 1 rings (SSSR count). The van der Waals surface area contributed by atoms with Crippen molar-refractivity contribution < 1.29 is 14.6 Å². The number of nitrogens with zero attached hydrogens (tertiary/aromatic N) is 1. The average Bonchev–Trinajstić information content (AvgIpc) is 2.60. The van der Waals surface area contributed by atoms with E-state index >= 15 is 0 Å². The van der Waals surface area contributed by atoms with Crippen LogP contribution >= 0.6 is 0 Å². The Kier molecular flexibility index (Phi) is 4.81. The van der Waals surface area contributed by atoms with Gasteiger partial charge in [-0.25, -0.2) is 0 Å². The van der Waals surface area contributed by atoms with Crippen molar-refractivity contribution in [3.63, 3.8) is 0 Å². The molecule has 1 atom stereocenters. The molecule has 0 fully saturated rings. The van der Waals surface area contributed by atoms with Gasteiger partial charge in [0.05, 0.1) is 13.2 Å². The van der Waals surface area contributed by atoms with E-state index in [1.54, 1.807) is 0 Å². The third-order valence-electron chi connectivity index (χ3n) is 2.50. The van der Waals surface area contributed by atoms with Gasteiger partial charge in [-0.2, -0.15) is 0 Å². The highest BCUT2D eigenvalue weighted by atomic mass is 16.3. The van der Waals surface area contributed by atoms with Crippen LogP contribution in [0, 0.1) is 6.92 Å². The van der Waals surface area contributed by atoms with E-state index in [1.807, 2.05) is 31.0 Å². The number of aryl methyl sites for hydroxylation is 1. The number of furan rings is 1. The fourth-order valence-electron chi connectivity index (χ4n) is 1.55. The van der Waals surface area contributed by atoms with Crippen LogP contribution in [0.15, 0.2) is 16.5 Å². The lowest BCUT2D eigenvalue weighted by atomic mass is 10.2. The lowest BCUT2D eigenvalue weighted by Gasteiger charge is -2.24. The quantitative estimate of drug-likeness (QED) is 0.732. The Bertz CT molecular complexity index is 285. The Morgan fingerprint density at radius 1 is 1.40 bits per heavy atom. The normalized spacial score (nSPS) is 13.4. The molecule has 4 heteroatoms. The number of likely N-dealkylation sites (N-methyl/N-ethyl adjacent to an activating group) is 1. The maximum Gasteiger partial charge on any atom is 0.118 e. The van der Waals surface area contributed by atoms with Gasteiger partial charge in [0.2, 0.25) is 0 Å². The highest BCUT2D eigenvalue weighted by Crippen LogP contribution is 2.11.